The van der Waals surface area contributed by atoms with E-state index in [0.717, 1.165) is 31.9 Å². The maximum Gasteiger partial charge on any atom is 0.0370 e. The monoisotopic (exact) mass is 278 g/mol. The van der Waals surface area contributed by atoms with Gasteiger partial charge in [0.05, 0.1) is 0 Å². The Morgan fingerprint density at radius 1 is 0.905 bits per heavy atom. The van der Waals surface area contributed by atoms with Gasteiger partial charge in [0.1, 0.15) is 0 Å². The molecule has 2 heteroatoms. The number of rotatable bonds is 3. The molecule has 2 aromatic carbocycles. The summed E-state index contributed by atoms with van der Waals surface area (Å²) >= 11 is 0. The highest BCUT2D eigenvalue weighted by atomic mass is 15.3. The molecule has 0 unspecified atom stereocenters. The molecule has 0 radical (unpaired) electrons. The summed E-state index contributed by atoms with van der Waals surface area (Å²) in [5.41, 5.74) is 5.02. The molecule has 0 saturated carbocycles. The van der Waals surface area contributed by atoms with E-state index in [1.54, 1.807) is 0 Å². The number of piperazine rings is 1. The summed E-state index contributed by atoms with van der Waals surface area (Å²) in [5.74, 6) is 0. The van der Waals surface area contributed by atoms with Gasteiger partial charge in [-0.3, -0.25) is 0 Å². The lowest BCUT2D eigenvalue weighted by atomic mass is 10.1. The van der Waals surface area contributed by atoms with Crippen LogP contribution in [0.15, 0.2) is 61.2 Å². The van der Waals surface area contributed by atoms with Crippen LogP contribution in [-0.4, -0.2) is 31.1 Å². The second-order valence-corrected chi connectivity index (χ2v) is 5.63. The molecule has 2 aromatic rings. The number of aryl methyl sites for hydroxylation is 1. The highest BCUT2D eigenvalue weighted by molar-refractivity contribution is 5.62. The summed E-state index contributed by atoms with van der Waals surface area (Å²) in [6.07, 6.45) is 0. The summed E-state index contributed by atoms with van der Waals surface area (Å²) in [6, 6.07) is 19.2. The van der Waals surface area contributed by atoms with Gasteiger partial charge in [0.2, 0.25) is 0 Å². The lowest BCUT2D eigenvalue weighted by Crippen LogP contribution is -2.45. The van der Waals surface area contributed by atoms with Crippen molar-refractivity contribution in [2.75, 3.05) is 31.1 Å². The second-order valence-electron chi connectivity index (χ2n) is 5.63. The molecule has 0 N–H and O–H groups in total. The topological polar surface area (TPSA) is 6.48 Å². The summed E-state index contributed by atoms with van der Waals surface area (Å²) < 4.78 is 0. The lowest BCUT2D eigenvalue weighted by molar-refractivity contribution is 0.368. The summed E-state index contributed by atoms with van der Waals surface area (Å²) in [5, 5.41) is 0. The molecule has 1 saturated heterocycles. The van der Waals surface area contributed by atoms with Crippen LogP contribution in [0.1, 0.15) is 11.1 Å². The quantitative estimate of drug-likeness (QED) is 0.843. The maximum absolute atomic E-state index is 4.27. The van der Waals surface area contributed by atoms with Gasteiger partial charge >= 0.3 is 0 Å². The summed E-state index contributed by atoms with van der Waals surface area (Å²) in [4.78, 5) is 4.85. The zero-order valence-electron chi connectivity index (χ0n) is 12.6. The van der Waals surface area contributed by atoms with Gasteiger partial charge < -0.3 is 9.80 Å². The number of nitrogens with zero attached hydrogens (tertiary/aromatic N) is 2. The van der Waals surface area contributed by atoms with Gasteiger partial charge in [-0.1, -0.05) is 49.0 Å². The van der Waals surface area contributed by atoms with E-state index in [4.69, 9.17) is 0 Å². The molecular formula is C19H22N2. The fourth-order valence-electron chi connectivity index (χ4n) is 2.87. The number of benzene rings is 2. The van der Waals surface area contributed by atoms with E-state index in [1.807, 2.05) is 6.07 Å². The zero-order chi connectivity index (χ0) is 14.7. The highest BCUT2D eigenvalue weighted by Crippen LogP contribution is 2.22. The minimum absolute atomic E-state index is 1.03. The molecule has 1 heterocycles. The van der Waals surface area contributed by atoms with Gasteiger partial charge in [-0.05, 0) is 30.2 Å². The first kappa shape index (κ1) is 13.7. The summed E-state index contributed by atoms with van der Waals surface area (Å²) in [6.45, 7) is 10.6. The van der Waals surface area contributed by atoms with Crippen molar-refractivity contribution in [2.45, 2.75) is 6.92 Å². The highest BCUT2D eigenvalue weighted by Gasteiger charge is 2.18. The Morgan fingerprint density at radius 2 is 1.62 bits per heavy atom. The smallest absolute Gasteiger partial charge is 0.0370 e. The van der Waals surface area contributed by atoms with Crippen molar-refractivity contribution in [3.63, 3.8) is 0 Å². The van der Waals surface area contributed by atoms with Crippen LogP contribution in [0.4, 0.5) is 5.69 Å². The van der Waals surface area contributed by atoms with Crippen LogP contribution >= 0.6 is 0 Å². The molecule has 0 aromatic heterocycles. The molecule has 21 heavy (non-hydrogen) atoms. The molecule has 3 rings (SSSR count). The van der Waals surface area contributed by atoms with Gasteiger partial charge in [0.25, 0.3) is 0 Å². The molecule has 0 atom stereocenters. The van der Waals surface area contributed by atoms with Crippen LogP contribution in [0.2, 0.25) is 0 Å². The van der Waals surface area contributed by atoms with Crippen LogP contribution in [-0.2, 0) is 0 Å². The van der Waals surface area contributed by atoms with Gasteiger partial charge in [-0.15, -0.1) is 0 Å². The van der Waals surface area contributed by atoms with Crippen molar-refractivity contribution >= 4 is 11.4 Å². The van der Waals surface area contributed by atoms with E-state index in [9.17, 15) is 0 Å². The van der Waals surface area contributed by atoms with Crippen molar-refractivity contribution in [3.05, 3.63) is 72.3 Å². The largest absolute Gasteiger partial charge is 0.368 e. The van der Waals surface area contributed by atoms with Gasteiger partial charge in [0.15, 0.2) is 0 Å². The van der Waals surface area contributed by atoms with E-state index in [0.29, 0.717) is 0 Å². The second kappa shape index (κ2) is 6.04. The van der Waals surface area contributed by atoms with Crippen LogP contribution in [0.25, 0.3) is 5.70 Å². The van der Waals surface area contributed by atoms with Gasteiger partial charge in [-0.25, -0.2) is 0 Å². The number of hydrogen-bond acceptors (Lipinski definition) is 2. The van der Waals surface area contributed by atoms with E-state index >= 15 is 0 Å². The maximum atomic E-state index is 4.27. The third-order valence-corrected chi connectivity index (χ3v) is 4.14. The zero-order valence-corrected chi connectivity index (χ0v) is 12.6. The third kappa shape index (κ3) is 3.10. The molecule has 1 aliphatic heterocycles. The first-order valence-corrected chi connectivity index (χ1v) is 7.55. The number of hydrogen-bond donors (Lipinski definition) is 0. The average molecular weight is 278 g/mol. The molecule has 1 aliphatic rings. The van der Waals surface area contributed by atoms with Crippen molar-refractivity contribution < 1.29 is 0 Å². The average Bonchev–Trinajstić information content (AvgIpc) is 2.55. The van der Waals surface area contributed by atoms with E-state index in [-0.39, 0.29) is 0 Å². The predicted octanol–water partition coefficient (Wildman–Crippen LogP) is 3.79. The molecule has 0 bridgehead atoms. The van der Waals surface area contributed by atoms with Gasteiger partial charge in [-0.2, -0.15) is 0 Å². The third-order valence-electron chi connectivity index (χ3n) is 4.14. The van der Waals surface area contributed by atoms with E-state index < -0.39 is 0 Å². The molecule has 108 valence electrons. The molecule has 1 fully saturated rings. The lowest BCUT2D eigenvalue weighted by Gasteiger charge is -2.38. The predicted molar refractivity (Wildman–Crippen MR) is 90.4 cm³/mol. The first-order chi connectivity index (χ1) is 10.2. The SMILES string of the molecule is C=C(c1ccccc1)N1CCN(c2cccc(C)c2)CC1. The Kier molecular flexibility index (Phi) is 3.96. The van der Waals surface area contributed by atoms with Crippen molar-refractivity contribution in [2.24, 2.45) is 0 Å². The van der Waals surface area contributed by atoms with Gasteiger partial charge in [0, 0.05) is 37.6 Å². The first-order valence-electron chi connectivity index (χ1n) is 7.55. The van der Waals surface area contributed by atoms with Crippen molar-refractivity contribution in [3.8, 4) is 0 Å². The van der Waals surface area contributed by atoms with E-state index in [1.165, 1.54) is 16.8 Å². The Labute approximate surface area is 127 Å². The Bertz CT molecular complexity index is 610. The minimum Gasteiger partial charge on any atom is -0.368 e. The molecule has 0 aliphatic carbocycles. The molecule has 0 spiro atoms. The van der Waals surface area contributed by atoms with Crippen molar-refractivity contribution in [1.82, 2.24) is 4.90 Å². The number of anilines is 1. The molecule has 0 amide bonds. The van der Waals surface area contributed by atoms with Crippen molar-refractivity contribution in [1.29, 1.82) is 0 Å². The Hall–Kier alpha value is -2.22. The normalized spacial score (nSPS) is 15.1. The van der Waals surface area contributed by atoms with Crippen LogP contribution < -0.4 is 4.90 Å². The van der Waals surface area contributed by atoms with Crippen LogP contribution in [0.5, 0.6) is 0 Å². The summed E-state index contributed by atoms with van der Waals surface area (Å²) in [7, 11) is 0. The minimum atomic E-state index is 1.03. The standard InChI is InChI=1S/C19H22N2/c1-16-7-6-10-19(15-16)21-13-11-20(12-14-21)17(2)18-8-4-3-5-9-18/h3-10,15H,2,11-14H2,1H3. The van der Waals surface area contributed by atoms with Crippen LogP contribution in [0, 0.1) is 6.92 Å². The fourth-order valence-corrected chi connectivity index (χ4v) is 2.87. The Morgan fingerprint density at radius 3 is 2.29 bits per heavy atom. The van der Waals surface area contributed by atoms with E-state index in [2.05, 4.69) is 71.8 Å². The molecular weight excluding hydrogens is 256 g/mol. The van der Waals surface area contributed by atoms with Crippen LogP contribution in [0.3, 0.4) is 0 Å². The fraction of sp³-hybridized carbons (Fsp3) is 0.263. The molecule has 2 nitrogen and oxygen atoms in total. The Balaban J connectivity index is 1.64.